The summed E-state index contributed by atoms with van der Waals surface area (Å²) in [6.07, 6.45) is 5.58. The molecular weight excluding hydrogens is 294 g/mol. The van der Waals surface area contributed by atoms with E-state index in [4.69, 9.17) is 0 Å². The number of guanidine groups is 1. The predicted molar refractivity (Wildman–Crippen MR) is 90.2 cm³/mol. The lowest BCUT2D eigenvalue weighted by atomic mass is 10.1. The molecule has 0 aromatic heterocycles. The van der Waals surface area contributed by atoms with Gasteiger partial charge in [-0.2, -0.15) is 0 Å². The van der Waals surface area contributed by atoms with Crippen LogP contribution in [0.4, 0.5) is 0 Å². The first-order valence-corrected chi connectivity index (χ1v) is 8.71. The molecule has 2 saturated heterocycles. The van der Waals surface area contributed by atoms with Crippen LogP contribution in [-0.4, -0.2) is 73.9 Å². The molecule has 0 aliphatic carbocycles. The molecule has 2 heterocycles. The number of carbonyl (C=O) groups excluding carboxylic acids is 2. The van der Waals surface area contributed by atoms with Crippen LogP contribution in [0, 0.1) is 0 Å². The van der Waals surface area contributed by atoms with E-state index in [0.717, 1.165) is 19.0 Å². The summed E-state index contributed by atoms with van der Waals surface area (Å²) in [7, 11) is 1.73. The van der Waals surface area contributed by atoms with E-state index in [9.17, 15) is 9.59 Å². The molecule has 2 fully saturated rings. The highest BCUT2D eigenvalue weighted by atomic mass is 16.2. The molecule has 2 aliphatic rings. The summed E-state index contributed by atoms with van der Waals surface area (Å²) >= 11 is 0. The van der Waals surface area contributed by atoms with Gasteiger partial charge in [0.25, 0.3) is 0 Å². The normalized spacial score (nSPS) is 20.7. The first kappa shape index (κ1) is 17.7. The molecular formula is C16H29N5O2. The van der Waals surface area contributed by atoms with Crippen LogP contribution < -0.4 is 10.6 Å². The molecule has 0 bridgehead atoms. The van der Waals surface area contributed by atoms with Crippen LogP contribution >= 0.6 is 0 Å². The van der Waals surface area contributed by atoms with Gasteiger partial charge in [-0.15, -0.1) is 0 Å². The third-order valence-electron chi connectivity index (χ3n) is 4.40. The third kappa shape index (κ3) is 5.82. The van der Waals surface area contributed by atoms with Crippen LogP contribution in [0.1, 0.15) is 38.5 Å². The number of nitrogens with one attached hydrogen (secondary N) is 2. The summed E-state index contributed by atoms with van der Waals surface area (Å²) in [5.41, 5.74) is 0. The van der Waals surface area contributed by atoms with Crippen molar-refractivity contribution in [3.8, 4) is 0 Å². The van der Waals surface area contributed by atoms with E-state index in [1.165, 1.54) is 37.3 Å². The molecule has 7 nitrogen and oxygen atoms in total. The van der Waals surface area contributed by atoms with Gasteiger partial charge in [0.2, 0.25) is 11.8 Å². The zero-order valence-corrected chi connectivity index (χ0v) is 14.1. The lowest BCUT2D eigenvalue weighted by Crippen LogP contribution is -2.47. The highest BCUT2D eigenvalue weighted by Gasteiger charge is 2.25. The average Bonchev–Trinajstić information content (AvgIpc) is 2.57. The van der Waals surface area contributed by atoms with Crippen LogP contribution in [0.25, 0.3) is 0 Å². The Labute approximate surface area is 138 Å². The molecule has 2 aliphatic heterocycles. The van der Waals surface area contributed by atoms with Crippen molar-refractivity contribution in [1.82, 2.24) is 20.4 Å². The Hall–Kier alpha value is -1.63. The molecule has 0 spiro atoms. The van der Waals surface area contributed by atoms with E-state index in [2.05, 4.69) is 20.5 Å². The van der Waals surface area contributed by atoms with Gasteiger partial charge < -0.3 is 15.5 Å². The number of amides is 2. The molecule has 0 radical (unpaired) electrons. The quantitative estimate of drug-likeness (QED) is 0.414. The minimum Gasteiger partial charge on any atom is -0.355 e. The highest BCUT2D eigenvalue weighted by Crippen LogP contribution is 2.11. The lowest BCUT2D eigenvalue weighted by Gasteiger charge is -2.27. The van der Waals surface area contributed by atoms with Gasteiger partial charge in [0.1, 0.15) is 0 Å². The van der Waals surface area contributed by atoms with Crippen molar-refractivity contribution in [3.63, 3.8) is 0 Å². The van der Waals surface area contributed by atoms with Crippen LogP contribution in [0.2, 0.25) is 0 Å². The van der Waals surface area contributed by atoms with Gasteiger partial charge >= 0.3 is 0 Å². The lowest BCUT2D eigenvalue weighted by molar-refractivity contribution is -0.147. The molecule has 2 N–H and O–H groups in total. The number of likely N-dealkylation sites (tertiary alicyclic amines) is 2. The van der Waals surface area contributed by atoms with Crippen molar-refractivity contribution in [3.05, 3.63) is 0 Å². The summed E-state index contributed by atoms with van der Waals surface area (Å²) in [5, 5.41) is 6.46. The molecule has 2 amide bonds. The molecule has 0 atom stereocenters. The molecule has 2 rings (SSSR count). The second-order valence-corrected chi connectivity index (χ2v) is 6.12. The topological polar surface area (TPSA) is 77.0 Å². The standard InChI is InChI=1S/C16H29N5O2/c1-17-16(18-8-12-20-10-3-2-4-11-20)19-9-13-21-14(22)6-5-7-15(21)23/h2-13H2,1H3,(H2,17,18,19). The second kappa shape index (κ2) is 9.50. The minimum absolute atomic E-state index is 0.0592. The number of nitrogens with zero attached hydrogens (tertiary/aromatic N) is 3. The van der Waals surface area contributed by atoms with Crippen molar-refractivity contribution in [2.45, 2.75) is 38.5 Å². The molecule has 0 saturated carbocycles. The number of imide groups is 1. The van der Waals surface area contributed by atoms with Gasteiger partial charge in [-0.25, -0.2) is 0 Å². The van der Waals surface area contributed by atoms with Crippen molar-refractivity contribution in [2.24, 2.45) is 4.99 Å². The number of rotatable bonds is 6. The van der Waals surface area contributed by atoms with Crippen molar-refractivity contribution in [2.75, 3.05) is 46.3 Å². The number of carbonyl (C=O) groups is 2. The molecule has 0 unspecified atom stereocenters. The SMILES string of the molecule is CN=C(NCCN1CCCCC1)NCCN1C(=O)CCCC1=O. The Bertz CT molecular complexity index is 416. The maximum Gasteiger partial charge on any atom is 0.229 e. The van der Waals surface area contributed by atoms with E-state index in [-0.39, 0.29) is 11.8 Å². The van der Waals surface area contributed by atoms with Crippen molar-refractivity contribution < 1.29 is 9.59 Å². The fraction of sp³-hybridized carbons (Fsp3) is 0.812. The molecule has 7 heteroatoms. The van der Waals surface area contributed by atoms with Crippen LogP contribution in [-0.2, 0) is 9.59 Å². The maximum absolute atomic E-state index is 11.7. The molecule has 23 heavy (non-hydrogen) atoms. The summed E-state index contributed by atoms with van der Waals surface area (Å²) in [6.45, 7) is 5.18. The number of hydrogen-bond acceptors (Lipinski definition) is 4. The minimum atomic E-state index is -0.0592. The Morgan fingerprint density at radius 1 is 0.957 bits per heavy atom. The highest BCUT2D eigenvalue weighted by molar-refractivity contribution is 5.97. The van der Waals surface area contributed by atoms with Crippen molar-refractivity contribution in [1.29, 1.82) is 0 Å². The Morgan fingerprint density at radius 3 is 2.17 bits per heavy atom. The Morgan fingerprint density at radius 2 is 1.57 bits per heavy atom. The van der Waals surface area contributed by atoms with E-state index < -0.39 is 0 Å². The fourth-order valence-corrected chi connectivity index (χ4v) is 3.07. The Kier molecular flexibility index (Phi) is 7.32. The second-order valence-electron chi connectivity index (χ2n) is 6.12. The zero-order chi connectivity index (χ0) is 16.5. The van der Waals surface area contributed by atoms with Gasteiger partial charge in [0, 0.05) is 46.1 Å². The van der Waals surface area contributed by atoms with Crippen molar-refractivity contribution >= 4 is 17.8 Å². The molecule has 130 valence electrons. The summed E-state index contributed by atoms with van der Waals surface area (Å²) < 4.78 is 0. The van der Waals surface area contributed by atoms with Gasteiger partial charge in [0.05, 0.1) is 0 Å². The first-order valence-electron chi connectivity index (χ1n) is 8.71. The van der Waals surface area contributed by atoms with Crippen LogP contribution in [0.15, 0.2) is 4.99 Å². The van der Waals surface area contributed by atoms with Gasteiger partial charge in [-0.3, -0.25) is 19.5 Å². The van der Waals surface area contributed by atoms with E-state index in [1.54, 1.807) is 7.05 Å². The van der Waals surface area contributed by atoms with E-state index in [0.29, 0.717) is 32.4 Å². The Balaban J connectivity index is 1.62. The average molecular weight is 323 g/mol. The number of aliphatic imine (C=N–C) groups is 1. The van der Waals surface area contributed by atoms with Gasteiger partial charge in [0.15, 0.2) is 5.96 Å². The largest absolute Gasteiger partial charge is 0.355 e. The van der Waals surface area contributed by atoms with Gasteiger partial charge in [-0.05, 0) is 32.4 Å². The zero-order valence-electron chi connectivity index (χ0n) is 14.1. The number of hydrogen-bond donors (Lipinski definition) is 2. The predicted octanol–water partition coefficient (Wildman–Crippen LogP) is 0.176. The maximum atomic E-state index is 11.7. The van der Waals surface area contributed by atoms with E-state index in [1.807, 2.05) is 0 Å². The molecule has 0 aromatic rings. The summed E-state index contributed by atoms with van der Waals surface area (Å²) in [6, 6.07) is 0. The van der Waals surface area contributed by atoms with Crippen LogP contribution in [0.3, 0.4) is 0 Å². The van der Waals surface area contributed by atoms with Crippen LogP contribution in [0.5, 0.6) is 0 Å². The molecule has 0 aromatic carbocycles. The van der Waals surface area contributed by atoms with E-state index >= 15 is 0 Å². The summed E-state index contributed by atoms with van der Waals surface area (Å²) in [5.74, 6) is 0.603. The van der Waals surface area contributed by atoms with Gasteiger partial charge in [-0.1, -0.05) is 6.42 Å². The fourth-order valence-electron chi connectivity index (χ4n) is 3.07. The summed E-state index contributed by atoms with van der Waals surface area (Å²) in [4.78, 5) is 31.5. The third-order valence-corrected chi connectivity index (χ3v) is 4.40. The smallest absolute Gasteiger partial charge is 0.229 e. The first-order chi connectivity index (χ1) is 11.2. The monoisotopic (exact) mass is 323 g/mol. The number of piperidine rings is 2.